The SMILES string of the molecule is Cc1ccccc1-c1c#cccc1. The van der Waals surface area contributed by atoms with Gasteiger partial charge >= 0.3 is 0 Å². The molecule has 0 unspecified atom stereocenters. The van der Waals surface area contributed by atoms with E-state index in [4.69, 9.17) is 0 Å². The molecular weight excluding hydrogens is 156 g/mol. The Morgan fingerprint density at radius 1 is 1.00 bits per heavy atom. The minimum absolute atomic E-state index is 1.11. The first-order chi connectivity index (χ1) is 6.38. The molecule has 0 saturated heterocycles. The molecule has 0 heteroatoms. The molecule has 0 nitrogen and oxygen atoms in total. The first-order valence-electron chi connectivity index (χ1n) is 4.32. The van der Waals surface area contributed by atoms with Crippen molar-refractivity contribution < 1.29 is 0 Å². The molecule has 0 amide bonds. The van der Waals surface area contributed by atoms with Gasteiger partial charge in [0.1, 0.15) is 0 Å². The summed E-state index contributed by atoms with van der Waals surface area (Å²) < 4.78 is 0. The van der Waals surface area contributed by atoms with Gasteiger partial charge in [-0.1, -0.05) is 42.5 Å². The van der Waals surface area contributed by atoms with Crippen LogP contribution in [0.15, 0.2) is 42.5 Å². The Bertz CT molecular complexity index is 388. The average molecular weight is 166 g/mol. The second-order valence-electron chi connectivity index (χ2n) is 3.02. The van der Waals surface area contributed by atoms with Crippen LogP contribution in [0.1, 0.15) is 5.56 Å². The summed E-state index contributed by atoms with van der Waals surface area (Å²) in [5, 5.41) is 0. The molecule has 0 bridgehead atoms. The van der Waals surface area contributed by atoms with Gasteiger partial charge in [-0.15, -0.1) is 0 Å². The van der Waals surface area contributed by atoms with Crippen LogP contribution in [0.2, 0.25) is 0 Å². The number of rotatable bonds is 1. The highest BCUT2D eigenvalue weighted by molar-refractivity contribution is 5.65. The molecule has 13 heavy (non-hydrogen) atoms. The summed E-state index contributed by atoms with van der Waals surface area (Å²) in [4.78, 5) is 0. The fourth-order valence-corrected chi connectivity index (χ4v) is 1.39. The third-order valence-corrected chi connectivity index (χ3v) is 2.08. The summed E-state index contributed by atoms with van der Waals surface area (Å²) in [7, 11) is 0. The van der Waals surface area contributed by atoms with Crippen LogP contribution in [0, 0.1) is 19.1 Å². The molecule has 0 aliphatic rings. The lowest BCUT2D eigenvalue weighted by molar-refractivity contribution is 1.46. The predicted octanol–water partition coefficient (Wildman–Crippen LogP) is 3.26. The van der Waals surface area contributed by atoms with Gasteiger partial charge in [-0.3, -0.25) is 0 Å². The highest BCUT2D eigenvalue weighted by Gasteiger charge is 1.97. The third kappa shape index (κ3) is 1.55. The number of benzene rings is 1. The van der Waals surface area contributed by atoms with E-state index in [1.54, 1.807) is 0 Å². The average Bonchev–Trinajstić information content (AvgIpc) is 2.20. The van der Waals surface area contributed by atoms with Crippen LogP contribution < -0.4 is 0 Å². The lowest BCUT2D eigenvalue weighted by Gasteiger charge is -2.01. The summed E-state index contributed by atoms with van der Waals surface area (Å²) in [6, 6.07) is 20.3. The van der Waals surface area contributed by atoms with Gasteiger partial charge in [0.25, 0.3) is 0 Å². The third-order valence-electron chi connectivity index (χ3n) is 2.08. The Morgan fingerprint density at radius 2 is 1.85 bits per heavy atom. The van der Waals surface area contributed by atoms with E-state index in [9.17, 15) is 0 Å². The Hall–Kier alpha value is -1.74. The molecule has 62 valence electrons. The van der Waals surface area contributed by atoms with Gasteiger partial charge in [0.15, 0.2) is 0 Å². The molecule has 0 aliphatic heterocycles. The normalized spacial score (nSPS) is 9.31. The van der Waals surface area contributed by atoms with Crippen molar-refractivity contribution >= 4 is 0 Å². The van der Waals surface area contributed by atoms with Crippen LogP contribution in [-0.4, -0.2) is 0 Å². The van der Waals surface area contributed by atoms with Crippen molar-refractivity contribution in [2.24, 2.45) is 0 Å². The van der Waals surface area contributed by atoms with Crippen molar-refractivity contribution in [1.29, 1.82) is 0 Å². The maximum absolute atomic E-state index is 3.10. The van der Waals surface area contributed by atoms with Gasteiger partial charge in [0.05, 0.1) is 0 Å². The Kier molecular flexibility index (Phi) is 2.02. The maximum atomic E-state index is 3.10. The van der Waals surface area contributed by atoms with E-state index < -0.39 is 0 Å². The van der Waals surface area contributed by atoms with Crippen LogP contribution in [-0.2, 0) is 0 Å². The Morgan fingerprint density at radius 3 is 2.54 bits per heavy atom. The van der Waals surface area contributed by atoms with Gasteiger partial charge in [-0.05, 0) is 30.2 Å². The van der Waals surface area contributed by atoms with Crippen molar-refractivity contribution in [3.05, 3.63) is 60.2 Å². The molecular formula is C13H10. The highest BCUT2D eigenvalue weighted by atomic mass is 14.0. The topological polar surface area (TPSA) is 0 Å². The molecule has 0 aromatic heterocycles. The second kappa shape index (κ2) is 3.33. The first-order valence-corrected chi connectivity index (χ1v) is 4.32. The van der Waals surface area contributed by atoms with Crippen LogP contribution >= 0.6 is 0 Å². The molecule has 0 spiro atoms. The first kappa shape index (κ1) is 7.89. The molecule has 2 rings (SSSR count). The van der Waals surface area contributed by atoms with E-state index in [-0.39, 0.29) is 0 Å². The van der Waals surface area contributed by atoms with Crippen LogP contribution in [0.4, 0.5) is 0 Å². The molecule has 0 radical (unpaired) electrons. The minimum Gasteiger partial charge on any atom is -0.0696 e. The quantitative estimate of drug-likeness (QED) is 0.610. The highest BCUT2D eigenvalue weighted by Crippen LogP contribution is 2.20. The second-order valence-corrected chi connectivity index (χ2v) is 3.02. The Labute approximate surface area is 78.9 Å². The standard InChI is InChI=1S/C13H10/c1-11-7-5-6-10-13(11)12-8-3-2-4-9-12/h2-3,5-8,10H,1H3. The van der Waals surface area contributed by atoms with E-state index >= 15 is 0 Å². The smallest absolute Gasteiger partial charge is 0.0324 e. The number of hydrogen-bond donors (Lipinski definition) is 0. The zero-order valence-corrected chi connectivity index (χ0v) is 7.54. The minimum atomic E-state index is 1.11. The number of hydrogen-bond acceptors (Lipinski definition) is 0. The monoisotopic (exact) mass is 166 g/mol. The van der Waals surface area contributed by atoms with Crippen molar-refractivity contribution in [2.45, 2.75) is 6.92 Å². The largest absolute Gasteiger partial charge is 0.0696 e. The molecule has 0 saturated carbocycles. The fourth-order valence-electron chi connectivity index (χ4n) is 1.39. The number of aryl methyl sites for hydroxylation is 1. The van der Waals surface area contributed by atoms with Crippen LogP contribution in [0.25, 0.3) is 11.1 Å². The summed E-state index contributed by atoms with van der Waals surface area (Å²) in [6.07, 6.45) is 0. The summed E-state index contributed by atoms with van der Waals surface area (Å²) >= 11 is 0. The molecule has 0 fully saturated rings. The summed E-state index contributed by atoms with van der Waals surface area (Å²) in [5.41, 5.74) is 3.62. The van der Waals surface area contributed by atoms with E-state index in [1.165, 1.54) is 11.1 Å². The zero-order valence-electron chi connectivity index (χ0n) is 7.54. The zero-order chi connectivity index (χ0) is 9.10. The van der Waals surface area contributed by atoms with E-state index in [1.807, 2.05) is 24.3 Å². The molecule has 0 aliphatic carbocycles. The van der Waals surface area contributed by atoms with Gasteiger partial charge in [-0.2, -0.15) is 0 Å². The molecule has 2 aromatic rings. The van der Waals surface area contributed by atoms with Crippen molar-refractivity contribution in [2.75, 3.05) is 0 Å². The molecule has 0 atom stereocenters. The van der Waals surface area contributed by atoms with Gasteiger partial charge in [-0.25, -0.2) is 0 Å². The van der Waals surface area contributed by atoms with Gasteiger partial charge < -0.3 is 0 Å². The van der Waals surface area contributed by atoms with Gasteiger partial charge in [0.2, 0.25) is 0 Å². The van der Waals surface area contributed by atoms with Crippen molar-refractivity contribution in [3.8, 4) is 11.1 Å². The Balaban J connectivity index is 2.54. The fraction of sp³-hybridized carbons (Fsp3) is 0.0769. The lowest BCUT2D eigenvalue weighted by atomic mass is 10.0. The molecule has 0 N–H and O–H groups in total. The van der Waals surface area contributed by atoms with Crippen molar-refractivity contribution in [3.63, 3.8) is 0 Å². The van der Waals surface area contributed by atoms with E-state index in [0.717, 1.165) is 5.56 Å². The van der Waals surface area contributed by atoms with E-state index in [0.29, 0.717) is 0 Å². The summed E-state index contributed by atoms with van der Waals surface area (Å²) in [6.45, 7) is 2.11. The van der Waals surface area contributed by atoms with Crippen molar-refractivity contribution in [1.82, 2.24) is 0 Å². The summed E-state index contributed by atoms with van der Waals surface area (Å²) in [5.74, 6) is 0. The lowest BCUT2D eigenvalue weighted by Crippen LogP contribution is -1.79. The van der Waals surface area contributed by atoms with Gasteiger partial charge in [0, 0.05) is 5.56 Å². The predicted molar refractivity (Wildman–Crippen MR) is 54.3 cm³/mol. The molecule has 2 aromatic carbocycles. The van der Waals surface area contributed by atoms with E-state index in [2.05, 4.69) is 37.3 Å². The molecule has 0 heterocycles. The van der Waals surface area contributed by atoms with Crippen LogP contribution in [0.5, 0.6) is 0 Å². The van der Waals surface area contributed by atoms with Crippen LogP contribution in [0.3, 0.4) is 0 Å². The maximum Gasteiger partial charge on any atom is 0.0324 e.